The van der Waals surface area contributed by atoms with Gasteiger partial charge in [-0.1, -0.05) is 81.5 Å². The third-order valence-corrected chi connectivity index (χ3v) is 4.13. The van der Waals surface area contributed by atoms with Crippen molar-refractivity contribution in [1.82, 2.24) is 0 Å². The molecule has 1 nitrogen and oxygen atoms in total. The van der Waals surface area contributed by atoms with Gasteiger partial charge in [0.05, 0.1) is 11.6 Å². The first-order chi connectivity index (χ1) is 10.8. The van der Waals surface area contributed by atoms with E-state index in [1.165, 1.54) is 44.1 Å². The van der Waals surface area contributed by atoms with E-state index in [0.29, 0.717) is 0 Å². The number of aryl methyl sites for hydroxylation is 1. The highest BCUT2D eigenvalue weighted by molar-refractivity contribution is 5.70. The first-order valence-electron chi connectivity index (χ1n) is 8.43. The van der Waals surface area contributed by atoms with Crippen LogP contribution in [-0.4, -0.2) is 0 Å². The molecule has 0 aliphatic carbocycles. The van der Waals surface area contributed by atoms with Gasteiger partial charge in [-0.2, -0.15) is 5.26 Å². The maximum Gasteiger partial charge on any atom is 0.0998 e. The Balaban J connectivity index is 1.89. The highest BCUT2D eigenvalue weighted by atomic mass is 14.2. The molecular formula is C21H25N. The number of rotatable bonds is 8. The van der Waals surface area contributed by atoms with Crippen molar-refractivity contribution in [3.63, 3.8) is 0 Å². The first kappa shape index (κ1) is 16.3. The van der Waals surface area contributed by atoms with Gasteiger partial charge >= 0.3 is 0 Å². The van der Waals surface area contributed by atoms with E-state index in [-0.39, 0.29) is 0 Å². The molecule has 1 heteroatoms. The lowest BCUT2D eigenvalue weighted by atomic mass is 9.98. The maximum atomic E-state index is 9.19. The second kappa shape index (κ2) is 9.05. The number of nitriles is 1. The van der Waals surface area contributed by atoms with Crippen molar-refractivity contribution < 1.29 is 0 Å². The van der Waals surface area contributed by atoms with Crippen LogP contribution in [0.4, 0.5) is 0 Å². The molecule has 0 heterocycles. The summed E-state index contributed by atoms with van der Waals surface area (Å²) >= 11 is 0. The molecule has 22 heavy (non-hydrogen) atoms. The van der Waals surface area contributed by atoms with Crippen LogP contribution in [0, 0.1) is 11.3 Å². The molecule has 0 N–H and O–H groups in total. The Bertz CT molecular complexity index is 605. The van der Waals surface area contributed by atoms with E-state index in [1.54, 1.807) is 0 Å². The molecule has 0 atom stereocenters. The molecule has 0 bridgehead atoms. The molecule has 0 aliphatic heterocycles. The maximum absolute atomic E-state index is 9.19. The smallest absolute Gasteiger partial charge is 0.0998 e. The van der Waals surface area contributed by atoms with E-state index in [0.717, 1.165) is 23.1 Å². The van der Waals surface area contributed by atoms with Crippen molar-refractivity contribution in [2.45, 2.75) is 51.9 Å². The summed E-state index contributed by atoms with van der Waals surface area (Å²) in [5.41, 5.74) is 4.29. The quantitative estimate of drug-likeness (QED) is 0.537. The molecule has 0 saturated heterocycles. The monoisotopic (exact) mass is 291 g/mol. The molecule has 0 radical (unpaired) electrons. The summed E-state index contributed by atoms with van der Waals surface area (Å²) in [5, 5.41) is 9.19. The lowest BCUT2D eigenvalue weighted by Crippen LogP contribution is -1.88. The number of hydrogen-bond donors (Lipinski definition) is 0. The van der Waals surface area contributed by atoms with Gasteiger partial charge in [-0.15, -0.1) is 0 Å². The normalized spacial score (nSPS) is 10.4. The van der Waals surface area contributed by atoms with Crippen LogP contribution in [0.5, 0.6) is 0 Å². The molecule has 0 amide bonds. The topological polar surface area (TPSA) is 23.8 Å². The van der Waals surface area contributed by atoms with Crippen LogP contribution in [0.3, 0.4) is 0 Å². The Labute approximate surface area is 134 Å². The summed E-state index contributed by atoms with van der Waals surface area (Å²) in [6.45, 7) is 2.26. The van der Waals surface area contributed by atoms with Gasteiger partial charge in [-0.3, -0.25) is 0 Å². The van der Waals surface area contributed by atoms with Gasteiger partial charge in [0.15, 0.2) is 0 Å². The van der Waals surface area contributed by atoms with Crippen LogP contribution in [0.2, 0.25) is 0 Å². The molecule has 2 rings (SSSR count). The Morgan fingerprint density at radius 2 is 1.50 bits per heavy atom. The first-order valence-corrected chi connectivity index (χ1v) is 8.43. The largest absolute Gasteiger partial charge is 0.192 e. The molecule has 2 aromatic carbocycles. The van der Waals surface area contributed by atoms with E-state index >= 15 is 0 Å². The Hall–Kier alpha value is -2.07. The van der Waals surface area contributed by atoms with E-state index in [1.807, 2.05) is 24.3 Å². The lowest BCUT2D eigenvalue weighted by molar-refractivity contribution is 0.607. The lowest BCUT2D eigenvalue weighted by Gasteiger charge is -2.06. The van der Waals surface area contributed by atoms with Crippen molar-refractivity contribution in [1.29, 1.82) is 5.26 Å². The molecule has 0 aromatic heterocycles. The molecule has 2 aromatic rings. The van der Waals surface area contributed by atoms with Crippen molar-refractivity contribution >= 4 is 0 Å². The minimum atomic E-state index is 0.742. The predicted molar refractivity (Wildman–Crippen MR) is 93.7 cm³/mol. The van der Waals surface area contributed by atoms with E-state index in [2.05, 4.69) is 37.3 Å². The highest BCUT2D eigenvalue weighted by Crippen LogP contribution is 2.24. The van der Waals surface area contributed by atoms with Gasteiger partial charge < -0.3 is 0 Å². The number of nitrogens with zero attached hydrogens (tertiary/aromatic N) is 1. The van der Waals surface area contributed by atoms with Gasteiger partial charge in [0.25, 0.3) is 0 Å². The van der Waals surface area contributed by atoms with Gasteiger partial charge in [0.1, 0.15) is 0 Å². The summed E-state index contributed by atoms with van der Waals surface area (Å²) in [6, 6.07) is 18.7. The Kier molecular flexibility index (Phi) is 6.71. The Morgan fingerprint density at radius 1 is 0.818 bits per heavy atom. The molecular weight excluding hydrogens is 266 g/mol. The predicted octanol–water partition coefficient (Wildman–Crippen LogP) is 6.13. The van der Waals surface area contributed by atoms with Crippen molar-refractivity contribution in [2.24, 2.45) is 0 Å². The van der Waals surface area contributed by atoms with Gasteiger partial charge in [-0.05, 0) is 35.6 Å². The number of benzene rings is 2. The molecule has 0 spiro atoms. The zero-order valence-electron chi connectivity index (χ0n) is 13.5. The zero-order chi connectivity index (χ0) is 15.6. The minimum Gasteiger partial charge on any atom is -0.192 e. The highest BCUT2D eigenvalue weighted by Gasteiger charge is 2.03. The molecule has 0 saturated carbocycles. The van der Waals surface area contributed by atoms with E-state index < -0.39 is 0 Å². The standard InChI is InChI=1S/C21H25N/c1-2-3-4-5-6-7-10-18-13-15-19(16-14-18)21-12-9-8-11-20(21)17-22/h8-9,11-16H,2-7,10H2,1H3. The van der Waals surface area contributed by atoms with Gasteiger partial charge in [-0.25, -0.2) is 0 Å². The summed E-state index contributed by atoms with van der Waals surface area (Å²) in [4.78, 5) is 0. The van der Waals surface area contributed by atoms with Crippen molar-refractivity contribution in [3.8, 4) is 17.2 Å². The van der Waals surface area contributed by atoms with Gasteiger partial charge in [0, 0.05) is 0 Å². The fraction of sp³-hybridized carbons (Fsp3) is 0.381. The fourth-order valence-corrected chi connectivity index (χ4v) is 2.79. The summed E-state index contributed by atoms with van der Waals surface area (Å²) in [5.74, 6) is 0. The second-order valence-electron chi connectivity index (χ2n) is 5.87. The molecule has 0 aliphatic rings. The summed E-state index contributed by atoms with van der Waals surface area (Å²) in [7, 11) is 0. The molecule has 0 unspecified atom stereocenters. The second-order valence-corrected chi connectivity index (χ2v) is 5.87. The number of unbranched alkanes of at least 4 members (excludes halogenated alkanes) is 5. The van der Waals surface area contributed by atoms with Crippen LogP contribution in [-0.2, 0) is 6.42 Å². The van der Waals surface area contributed by atoms with Crippen LogP contribution in [0.25, 0.3) is 11.1 Å². The SMILES string of the molecule is CCCCCCCCc1ccc(-c2ccccc2C#N)cc1. The van der Waals surface area contributed by atoms with Crippen LogP contribution in [0.1, 0.15) is 56.6 Å². The fourth-order valence-electron chi connectivity index (χ4n) is 2.79. The molecule has 114 valence electrons. The van der Waals surface area contributed by atoms with E-state index in [4.69, 9.17) is 0 Å². The number of hydrogen-bond acceptors (Lipinski definition) is 1. The van der Waals surface area contributed by atoms with Crippen molar-refractivity contribution in [3.05, 3.63) is 59.7 Å². The molecule has 0 fully saturated rings. The van der Waals surface area contributed by atoms with Crippen LogP contribution >= 0.6 is 0 Å². The average Bonchev–Trinajstić information content (AvgIpc) is 2.58. The summed E-state index contributed by atoms with van der Waals surface area (Å²) < 4.78 is 0. The third kappa shape index (κ3) is 4.74. The van der Waals surface area contributed by atoms with Crippen LogP contribution < -0.4 is 0 Å². The third-order valence-electron chi connectivity index (χ3n) is 4.13. The minimum absolute atomic E-state index is 0.742. The van der Waals surface area contributed by atoms with Crippen molar-refractivity contribution in [2.75, 3.05) is 0 Å². The van der Waals surface area contributed by atoms with E-state index in [9.17, 15) is 5.26 Å². The summed E-state index contributed by atoms with van der Waals surface area (Å²) in [6.07, 6.45) is 9.18. The average molecular weight is 291 g/mol. The zero-order valence-corrected chi connectivity index (χ0v) is 13.5. The van der Waals surface area contributed by atoms with Gasteiger partial charge in [0.2, 0.25) is 0 Å². The van der Waals surface area contributed by atoms with Crippen LogP contribution in [0.15, 0.2) is 48.5 Å². The Morgan fingerprint density at radius 3 is 2.23 bits per heavy atom.